The molecule has 1 aromatic carbocycles. The SMILES string of the molecule is CCNC(=NCc1ccc(C)cc1OCC(F)(F)F)NCC.I. The van der Waals surface area contributed by atoms with Gasteiger partial charge in [-0.1, -0.05) is 12.1 Å². The molecule has 4 nitrogen and oxygen atoms in total. The van der Waals surface area contributed by atoms with Gasteiger partial charge >= 0.3 is 6.18 Å². The van der Waals surface area contributed by atoms with Crippen molar-refractivity contribution < 1.29 is 17.9 Å². The van der Waals surface area contributed by atoms with Crippen LogP contribution in [0.15, 0.2) is 23.2 Å². The summed E-state index contributed by atoms with van der Waals surface area (Å²) in [6, 6.07) is 5.16. The Hall–Kier alpha value is -1.19. The third-order valence-corrected chi connectivity index (χ3v) is 2.71. The summed E-state index contributed by atoms with van der Waals surface area (Å²) in [6.07, 6.45) is -4.36. The van der Waals surface area contributed by atoms with E-state index < -0.39 is 12.8 Å². The molecule has 132 valence electrons. The Balaban J connectivity index is 0.00000484. The molecule has 23 heavy (non-hydrogen) atoms. The third kappa shape index (κ3) is 8.87. The molecule has 0 saturated heterocycles. The van der Waals surface area contributed by atoms with Crippen LogP contribution in [0.1, 0.15) is 25.0 Å². The van der Waals surface area contributed by atoms with E-state index in [4.69, 9.17) is 4.74 Å². The van der Waals surface area contributed by atoms with Crippen LogP contribution in [0.5, 0.6) is 5.75 Å². The molecule has 0 aliphatic rings. The van der Waals surface area contributed by atoms with Gasteiger partial charge in [0.2, 0.25) is 0 Å². The van der Waals surface area contributed by atoms with Gasteiger partial charge in [0.1, 0.15) is 5.75 Å². The first kappa shape index (κ1) is 21.8. The number of rotatable bonds is 6. The molecule has 1 rings (SSSR count). The minimum absolute atomic E-state index is 0. The van der Waals surface area contributed by atoms with E-state index in [1.807, 2.05) is 19.9 Å². The van der Waals surface area contributed by atoms with Crippen LogP contribution in [-0.4, -0.2) is 31.8 Å². The van der Waals surface area contributed by atoms with Gasteiger partial charge in [-0.15, -0.1) is 24.0 Å². The van der Waals surface area contributed by atoms with Gasteiger partial charge in [0.05, 0.1) is 6.54 Å². The average Bonchev–Trinajstić information content (AvgIpc) is 2.43. The van der Waals surface area contributed by atoms with Gasteiger partial charge in [0.15, 0.2) is 12.6 Å². The molecule has 0 aliphatic carbocycles. The Kier molecular flexibility index (Phi) is 10.0. The van der Waals surface area contributed by atoms with Crippen LogP contribution >= 0.6 is 24.0 Å². The molecule has 0 aliphatic heterocycles. The van der Waals surface area contributed by atoms with E-state index in [1.165, 1.54) is 0 Å². The Morgan fingerprint density at radius 2 is 1.78 bits per heavy atom. The van der Waals surface area contributed by atoms with Gasteiger partial charge in [-0.2, -0.15) is 13.2 Å². The van der Waals surface area contributed by atoms with Crippen LogP contribution in [0.2, 0.25) is 0 Å². The fourth-order valence-corrected chi connectivity index (χ4v) is 1.76. The normalized spacial score (nSPS) is 10.5. The zero-order chi connectivity index (χ0) is 16.6. The Morgan fingerprint density at radius 3 is 2.30 bits per heavy atom. The van der Waals surface area contributed by atoms with Crippen molar-refractivity contribution in [3.8, 4) is 5.75 Å². The highest BCUT2D eigenvalue weighted by Crippen LogP contribution is 2.24. The fourth-order valence-electron chi connectivity index (χ4n) is 1.76. The molecular formula is C15H23F3IN3O. The van der Waals surface area contributed by atoms with Crippen LogP contribution in [-0.2, 0) is 6.54 Å². The maximum atomic E-state index is 12.3. The molecule has 0 amide bonds. The molecule has 1 aromatic rings. The number of guanidine groups is 1. The summed E-state index contributed by atoms with van der Waals surface area (Å²) in [5, 5.41) is 6.12. The predicted molar refractivity (Wildman–Crippen MR) is 96.6 cm³/mol. The highest BCUT2D eigenvalue weighted by Gasteiger charge is 2.28. The second-order valence-electron chi connectivity index (χ2n) is 4.74. The lowest BCUT2D eigenvalue weighted by molar-refractivity contribution is -0.153. The molecular weight excluding hydrogens is 422 g/mol. The number of ether oxygens (including phenoxy) is 1. The first-order chi connectivity index (χ1) is 10.4. The van der Waals surface area contributed by atoms with Gasteiger partial charge in [-0.05, 0) is 32.4 Å². The standard InChI is InChI=1S/C15H22F3N3O.HI/c1-4-19-14(20-5-2)21-9-12-7-6-11(3)8-13(12)22-10-15(16,17)18;/h6-8H,4-5,9-10H2,1-3H3,(H2,19,20,21);1H. The van der Waals surface area contributed by atoms with Gasteiger partial charge in [-0.3, -0.25) is 0 Å². The molecule has 0 saturated carbocycles. The lowest BCUT2D eigenvalue weighted by Crippen LogP contribution is -2.37. The number of nitrogens with one attached hydrogen (secondary N) is 2. The van der Waals surface area contributed by atoms with Crippen LogP contribution in [0.4, 0.5) is 13.2 Å². The monoisotopic (exact) mass is 445 g/mol. The fraction of sp³-hybridized carbons (Fsp3) is 0.533. The molecule has 0 spiro atoms. The molecule has 0 unspecified atom stereocenters. The van der Waals surface area contributed by atoms with Gasteiger partial charge < -0.3 is 15.4 Å². The summed E-state index contributed by atoms with van der Waals surface area (Å²) in [5.74, 6) is 0.834. The summed E-state index contributed by atoms with van der Waals surface area (Å²) in [6.45, 7) is 6.03. The quantitative estimate of drug-likeness (QED) is 0.400. The summed E-state index contributed by atoms with van der Waals surface area (Å²) in [7, 11) is 0. The summed E-state index contributed by atoms with van der Waals surface area (Å²) < 4.78 is 41.8. The number of alkyl halides is 3. The zero-order valence-corrected chi connectivity index (χ0v) is 15.8. The van der Waals surface area contributed by atoms with Crippen molar-refractivity contribution in [2.45, 2.75) is 33.5 Å². The van der Waals surface area contributed by atoms with Crippen molar-refractivity contribution in [1.29, 1.82) is 0 Å². The number of hydrogen-bond acceptors (Lipinski definition) is 2. The van der Waals surface area contributed by atoms with Crippen molar-refractivity contribution in [3.05, 3.63) is 29.3 Å². The highest BCUT2D eigenvalue weighted by molar-refractivity contribution is 14.0. The van der Waals surface area contributed by atoms with Crippen LogP contribution in [0.3, 0.4) is 0 Å². The number of aryl methyl sites for hydroxylation is 1. The Bertz CT molecular complexity index is 499. The number of halogens is 4. The second-order valence-corrected chi connectivity index (χ2v) is 4.74. The first-order valence-corrected chi connectivity index (χ1v) is 7.17. The maximum Gasteiger partial charge on any atom is 0.422 e. The molecule has 8 heteroatoms. The van der Waals surface area contributed by atoms with Crippen molar-refractivity contribution in [3.63, 3.8) is 0 Å². The number of aliphatic imine (C=N–C) groups is 1. The van der Waals surface area contributed by atoms with Crippen molar-refractivity contribution in [2.24, 2.45) is 4.99 Å². The minimum atomic E-state index is -4.36. The van der Waals surface area contributed by atoms with E-state index in [2.05, 4.69) is 15.6 Å². The van der Waals surface area contributed by atoms with Crippen molar-refractivity contribution >= 4 is 29.9 Å². The molecule has 0 fully saturated rings. The van der Waals surface area contributed by atoms with E-state index >= 15 is 0 Å². The topological polar surface area (TPSA) is 45.7 Å². The number of hydrogen-bond donors (Lipinski definition) is 2. The second kappa shape index (κ2) is 10.6. The molecule has 2 N–H and O–H groups in total. The van der Waals surface area contributed by atoms with Crippen molar-refractivity contribution in [2.75, 3.05) is 19.7 Å². The lowest BCUT2D eigenvalue weighted by atomic mass is 10.1. The highest BCUT2D eigenvalue weighted by atomic mass is 127. The molecule has 0 heterocycles. The van der Waals surface area contributed by atoms with Gasteiger partial charge in [0.25, 0.3) is 0 Å². The van der Waals surface area contributed by atoms with E-state index in [0.29, 0.717) is 24.6 Å². The Morgan fingerprint density at radius 1 is 1.17 bits per heavy atom. The van der Waals surface area contributed by atoms with Crippen LogP contribution in [0.25, 0.3) is 0 Å². The van der Waals surface area contributed by atoms with Gasteiger partial charge in [-0.25, -0.2) is 4.99 Å². The average molecular weight is 445 g/mol. The van der Waals surface area contributed by atoms with E-state index in [9.17, 15) is 13.2 Å². The van der Waals surface area contributed by atoms with Crippen molar-refractivity contribution in [1.82, 2.24) is 10.6 Å². The summed E-state index contributed by atoms with van der Waals surface area (Å²) in [5.41, 5.74) is 1.45. The number of benzene rings is 1. The zero-order valence-electron chi connectivity index (χ0n) is 13.5. The summed E-state index contributed by atoms with van der Waals surface area (Å²) >= 11 is 0. The lowest BCUT2D eigenvalue weighted by Gasteiger charge is -2.14. The molecule has 0 bridgehead atoms. The largest absolute Gasteiger partial charge is 0.484 e. The van der Waals surface area contributed by atoms with Crippen LogP contribution in [0, 0.1) is 6.92 Å². The van der Waals surface area contributed by atoms with Gasteiger partial charge in [0, 0.05) is 18.7 Å². The van der Waals surface area contributed by atoms with Crippen LogP contribution < -0.4 is 15.4 Å². The number of nitrogens with zero attached hydrogens (tertiary/aromatic N) is 1. The van der Waals surface area contributed by atoms with E-state index in [0.717, 1.165) is 5.56 Å². The molecule has 0 radical (unpaired) electrons. The minimum Gasteiger partial charge on any atom is -0.484 e. The smallest absolute Gasteiger partial charge is 0.422 e. The molecule has 0 aromatic heterocycles. The summed E-state index contributed by atoms with van der Waals surface area (Å²) in [4.78, 5) is 4.34. The maximum absolute atomic E-state index is 12.3. The predicted octanol–water partition coefficient (Wildman–Crippen LogP) is 3.63. The molecule has 0 atom stereocenters. The van der Waals surface area contributed by atoms with E-state index in [-0.39, 0.29) is 36.3 Å². The Labute approximate surface area is 151 Å². The first-order valence-electron chi connectivity index (χ1n) is 7.17. The third-order valence-electron chi connectivity index (χ3n) is 2.71. The van der Waals surface area contributed by atoms with E-state index in [1.54, 1.807) is 19.1 Å².